The molecule has 0 saturated heterocycles. The minimum Gasteiger partial charge on any atom is -0.244 e. The predicted molar refractivity (Wildman–Crippen MR) is 208 cm³/mol. The molecule has 0 saturated carbocycles. The first kappa shape index (κ1) is 31.4. The molecule has 5 aromatic heterocycles. The first-order chi connectivity index (χ1) is 25.6. The van der Waals surface area contributed by atoms with E-state index in [1.54, 1.807) is 6.20 Å². The van der Waals surface area contributed by atoms with Crippen LogP contribution in [0.1, 0.15) is 63.6 Å². The van der Waals surface area contributed by atoms with E-state index in [0.29, 0.717) is 0 Å². The summed E-state index contributed by atoms with van der Waals surface area (Å²) in [6.45, 7) is 7.74. The number of hydrogen-bond donors (Lipinski definition) is 0. The Bertz CT molecular complexity index is 2650. The van der Waals surface area contributed by atoms with Crippen LogP contribution in [0.25, 0.3) is 65.5 Å². The van der Waals surface area contributed by atoms with E-state index in [0.717, 1.165) is 59.9 Å². The predicted octanol–water partition coefficient (Wildman–Crippen LogP) is 9.26. The van der Waals surface area contributed by atoms with Gasteiger partial charge < -0.3 is 0 Å². The maximum Gasteiger partial charge on any atom is 0.349 e. The van der Waals surface area contributed by atoms with E-state index in [9.17, 15) is 0 Å². The molecule has 7 heterocycles. The van der Waals surface area contributed by atoms with Crippen LogP contribution in [0, 0.1) is 5.92 Å². The average molecular weight is 700 g/mol. The Morgan fingerprint density at radius 3 is 2.50 bits per heavy atom. The molecule has 2 atom stereocenters. The number of nitrogens with zero attached hydrogens (tertiary/aromatic N) is 7. The van der Waals surface area contributed by atoms with Crippen molar-refractivity contribution in [3.8, 4) is 34.2 Å². The summed E-state index contributed by atoms with van der Waals surface area (Å²) < 4.78 is 9.94. The number of pyridine rings is 2. The Labute approximate surface area is 307 Å². The van der Waals surface area contributed by atoms with Crippen molar-refractivity contribution in [2.24, 2.45) is 5.92 Å². The smallest absolute Gasteiger partial charge is 0.244 e. The number of unbranched alkanes of at least 4 members (excludes halogenated alkanes) is 1. The fraction of sp³-hybridized carbons (Fsp3) is 0.273. The number of aryl methyl sites for hydroxylation is 1. The molecule has 256 valence electrons. The third-order valence-electron chi connectivity index (χ3n) is 11.9. The highest BCUT2D eigenvalue weighted by molar-refractivity contribution is 7.25. The van der Waals surface area contributed by atoms with Crippen LogP contribution in [0.2, 0.25) is 0 Å². The molecule has 2 aliphatic rings. The zero-order chi connectivity index (χ0) is 35.0. The van der Waals surface area contributed by atoms with Gasteiger partial charge in [0.1, 0.15) is 11.7 Å². The largest absolute Gasteiger partial charge is 0.349 e. The molecular formula is C44H41N7S+2. The van der Waals surface area contributed by atoms with Gasteiger partial charge in [0, 0.05) is 49.0 Å². The summed E-state index contributed by atoms with van der Waals surface area (Å²) in [4.78, 5) is 15.2. The van der Waals surface area contributed by atoms with Crippen molar-refractivity contribution >= 4 is 42.7 Å². The first-order valence-corrected chi connectivity index (χ1v) is 19.6. The van der Waals surface area contributed by atoms with E-state index in [2.05, 4.69) is 126 Å². The Morgan fingerprint density at radius 1 is 0.827 bits per heavy atom. The highest BCUT2D eigenvalue weighted by Crippen LogP contribution is 2.51. The summed E-state index contributed by atoms with van der Waals surface area (Å²) in [7, 11) is 0. The van der Waals surface area contributed by atoms with E-state index in [4.69, 9.17) is 20.1 Å². The van der Waals surface area contributed by atoms with Crippen molar-refractivity contribution in [2.45, 2.75) is 71.0 Å². The van der Waals surface area contributed by atoms with Crippen molar-refractivity contribution in [2.75, 3.05) is 0 Å². The van der Waals surface area contributed by atoms with Crippen LogP contribution in [0.4, 0.5) is 0 Å². The van der Waals surface area contributed by atoms with Crippen molar-refractivity contribution in [1.29, 1.82) is 0 Å². The highest BCUT2D eigenvalue weighted by Gasteiger charge is 2.55. The fourth-order valence-electron chi connectivity index (χ4n) is 9.26. The van der Waals surface area contributed by atoms with E-state index in [-0.39, 0.29) is 17.5 Å². The monoisotopic (exact) mass is 699 g/mol. The molecule has 8 aromatic rings. The maximum absolute atomic E-state index is 5.44. The van der Waals surface area contributed by atoms with Crippen molar-refractivity contribution in [1.82, 2.24) is 24.7 Å². The van der Waals surface area contributed by atoms with Gasteiger partial charge in [0.2, 0.25) is 11.5 Å². The zero-order valence-corrected chi connectivity index (χ0v) is 30.6. The van der Waals surface area contributed by atoms with E-state index < -0.39 is 0 Å². The SMILES string of the molecule is CCCCc1ccc2c(c1)sc1cc3c(cc12)C(C1C[n+]2ccccc2-c2nc(-c4ccccc4)nn2C1(CC)CC)[n+]1c-3ccc2nccnc21. The molecule has 0 amide bonds. The van der Waals surface area contributed by atoms with Gasteiger partial charge in [-0.1, -0.05) is 69.7 Å². The van der Waals surface area contributed by atoms with Crippen molar-refractivity contribution < 1.29 is 9.13 Å². The Morgan fingerprint density at radius 2 is 1.65 bits per heavy atom. The maximum atomic E-state index is 5.44. The molecule has 52 heavy (non-hydrogen) atoms. The van der Waals surface area contributed by atoms with Gasteiger partial charge in [-0.2, -0.15) is 4.57 Å². The molecule has 2 unspecified atom stereocenters. The molecule has 0 fully saturated rings. The number of fused-ring (bicyclic) bond motifs is 11. The Hall–Kier alpha value is -5.34. The third kappa shape index (κ3) is 4.56. The quantitative estimate of drug-likeness (QED) is 0.156. The zero-order valence-electron chi connectivity index (χ0n) is 29.8. The van der Waals surface area contributed by atoms with Gasteiger partial charge in [0.05, 0.1) is 17.7 Å². The van der Waals surface area contributed by atoms with E-state index in [1.165, 1.54) is 55.4 Å². The number of hydrogen-bond acceptors (Lipinski definition) is 5. The molecule has 10 rings (SSSR count). The third-order valence-corrected chi connectivity index (χ3v) is 13.0. The number of benzene rings is 3. The van der Waals surface area contributed by atoms with Crippen LogP contribution in [-0.2, 0) is 18.5 Å². The van der Waals surface area contributed by atoms with E-state index >= 15 is 0 Å². The molecule has 0 aliphatic carbocycles. The summed E-state index contributed by atoms with van der Waals surface area (Å²) in [6.07, 6.45) is 11.2. The molecular weight excluding hydrogens is 659 g/mol. The molecule has 0 radical (unpaired) electrons. The average Bonchev–Trinajstić information content (AvgIpc) is 3.87. The Kier molecular flexibility index (Phi) is 7.32. The van der Waals surface area contributed by atoms with Gasteiger partial charge in [0.25, 0.3) is 0 Å². The minimum atomic E-state index is -0.359. The lowest BCUT2D eigenvalue weighted by atomic mass is 9.73. The van der Waals surface area contributed by atoms with Gasteiger partial charge in [-0.05, 0) is 72.6 Å². The molecule has 0 spiro atoms. The number of thiophene rings is 1. The molecule has 7 nitrogen and oxygen atoms in total. The van der Waals surface area contributed by atoms with Gasteiger partial charge in [-0.15, -0.1) is 16.4 Å². The highest BCUT2D eigenvalue weighted by atomic mass is 32.1. The van der Waals surface area contributed by atoms with Crippen molar-refractivity contribution in [3.05, 3.63) is 121 Å². The summed E-state index contributed by atoms with van der Waals surface area (Å²) in [6, 6.07) is 33.4. The van der Waals surface area contributed by atoms with Gasteiger partial charge in [0.15, 0.2) is 30.3 Å². The second kappa shape index (κ2) is 12.1. The standard InChI is InChI=1S/C44H41N7S/c1-4-7-13-28-17-18-30-32-25-33-31(26-39(32)52-38(30)24-28)36-20-19-35-42(46-22-21-45-35)50(36)40(33)34-27-49-23-12-11-16-37(49)43-47-41(29-14-9-8-10-15-29)48-51(43)44(34,5-2)6-3/h8-12,14-26,34,40H,4-7,13,27H2,1-3H3/q+2. The second-order valence-electron chi connectivity index (χ2n) is 14.5. The van der Waals surface area contributed by atoms with Gasteiger partial charge in [-0.25, -0.2) is 19.2 Å². The van der Waals surface area contributed by atoms with Gasteiger partial charge in [-0.3, -0.25) is 0 Å². The lowest BCUT2D eigenvalue weighted by Gasteiger charge is -2.39. The Balaban J connectivity index is 1.25. The molecule has 2 aliphatic heterocycles. The van der Waals surface area contributed by atoms with E-state index in [1.807, 2.05) is 23.6 Å². The van der Waals surface area contributed by atoms with Crippen LogP contribution >= 0.6 is 11.3 Å². The summed E-state index contributed by atoms with van der Waals surface area (Å²) in [5.74, 6) is 1.78. The van der Waals surface area contributed by atoms with Crippen LogP contribution in [-0.4, -0.2) is 24.7 Å². The van der Waals surface area contributed by atoms with Crippen LogP contribution in [0.3, 0.4) is 0 Å². The molecule has 0 N–H and O–H groups in total. The summed E-state index contributed by atoms with van der Waals surface area (Å²) in [5, 5.41) is 8.12. The van der Waals surface area contributed by atoms with Gasteiger partial charge >= 0.3 is 5.65 Å². The molecule has 8 heteroatoms. The normalized spacial score (nSPS) is 17.2. The summed E-state index contributed by atoms with van der Waals surface area (Å²) in [5.41, 5.74) is 8.85. The lowest BCUT2D eigenvalue weighted by molar-refractivity contribution is -0.726. The van der Waals surface area contributed by atoms with Crippen molar-refractivity contribution in [3.63, 3.8) is 0 Å². The van der Waals surface area contributed by atoms with Crippen LogP contribution in [0.5, 0.6) is 0 Å². The van der Waals surface area contributed by atoms with Crippen LogP contribution in [0.15, 0.2) is 110 Å². The first-order valence-electron chi connectivity index (χ1n) is 18.8. The minimum absolute atomic E-state index is 0.0237. The lowest BCUT2D eigenvalue weighted by Crippen LogP contribution is -2.56. The number of aromatic nitrogens is 7. The topological polar surface area (TPSA) is 64.2 Å². The van der Waals surface area contributed by atoms with Crippen LogP contribution < -0.4 is 9.13 Å². The molecule has 0 bridgehead atoms. The molecule has 3 aromatic carbocycles. The fourth-order valence-corrected chi connectivity index (χ4v) is 10.5. The second-order valence-corrected chi connectivity index (χ2v) is 15.5. The number of rotatable bonds is 7. The summed E-state index contributed by atoms with van der Waals surface area (Å²) >= 11 is 1.92.